The molecule has 0 spiro atoms. The fourth-order valence-corrected chi connectivity index (χ4v) is 7.05. The molecule has 2 atom stereocenters. The number of aryl methyl sites for hydroxylation is 1. The van der Waals surface area contributed by atoms with E-state index < -0.39 is 10.0 Å². The van der Waals surface area contributed by atoms with Gasteiger partial charge in [-0.3, -0.25) is 9.36 Å². The van der Waals surface area contributed by atoms with Crippen LogP contribution >= 0.6 is 11.3 Å². The highest BCUT2D eigenvalue weighted by Crippen LogP contribution is 2.35. The molecule has 2 heterocycles. The number of thiazole rings is 1. The van der Waals surface area contributed by atoms with Gasteiger partial charge < -0.3 is 0 Å². The number of hydrogen-bond acceptors (Lipinski definition) is 6. The molecule has 5 rings (SSSR count). The van der Waals surface area contributed by atoms with Crippen molar-refractivity contribution >= 4 is 21.4 Å². The van der Waals surface area contributed by atoms with Crippen LogP contribution in [0, 0.1) is 0 Å². The molecule has 0 unspecified atom stereocenters. The zero-order valence-electron chi connectivity index (χ0n) is 18.8. The minimum atomic E-state index is -3.39. The van der Waals surface area contributed by atoms with Crippen molar-refractivity contribution in [2.45, 2.75) is 69.2 Å². The third kappa shape index (κ3) is 4.54. The van der Waals surface area contributed by atoms with Gasteiger partial charge in [-0.05, 0) is 46.0 Å². The third-order valence-electron chi connectivity index (χ3n) is 6.50. The lowest BCUT2D eigenvalue weighted by Crippen LogP contribution is -2.46. The standard InChI is InChI=1S/C24H28N4O3S2/c1-15(2)28-14-25-21-11-10-20(27-33(30,31)18-8-9-18)19(22(21)24(28)29)12-17-13-32-23(26-17)16-6-4-3-5-7-16/h3-7,13-15,18-20,27H,8-12H2,1-2H3/t19-,20-/m0/s1. The predicted molar refractivity (Wildman–Crippen MR) is 130 cm³/mol. The van der Waals surface area contributed by atoms with Gasteiger partial charge >= 0.3 is 0 Å². The third-order valence-corrected chi connectivity index (χ3v) is 9.42. The van der Waals surface area contributed by atoms with E-state index in [2.05, 4.69) is 9.71 Å². The molecule has 1 fully saturated rings. The number of nitrogens with one attached hydrogen (secondary N) is 1. The van der Waals surface area contributed by atoms with Gasteiger partial charge in [0.25, 0.3) is 5.56 Å². The van der Waals surface area contributed by atoms with Crippen molar-refractivity contribution in [1.29, 1.82) is 0 Å². The van der Waals surface area contributed by atoms with Gasteiger partial charge in [0.05, 0.1) is 23.0 Å². The molecule has 2 aromatic heterocycles. The number of benzene rings is 1. The molecule has 9 heteroatoms. The van der Waals surface area contributed by atoms with Crippen LogP contribution < -0.4 is 10.3 Å². The number of hydrogen-bond donors (Lipinski definition) is 1. The van der Waals surface area contributed by atoms with Gasteiger partial charge in [-0.2, -0.15) is 0 Å². The first kappa shape index (κ1) is 22.4. The van der Waals surface area contributed by atoms with Crippen LogP contribution in [0.25, 0.3) is 10.6 Å². The molecule has 174 valence electrons. The molecule has 0 radical (unpaired) electrons. The van der Waals surface area contributed by atoms with Crippen LogP contribution in [0.4, 0.5) is 0 Å². The Kier molecular flexibility index (Phi) is 5.96. The molecular weight excluding hydrogens is 456 g/mol. The van der Waals surface area contributed by atoms with Gasteiger partial charge in [0.2, 0.25) is 10.0 Å². The Morgan fingerprint density at radius 1 is 1.18 bits per heavy atom. The first-order valence-electron chi connectivity index (χ1n) is 11.4. The van der Waals surface area contributed by atoms with Gasteiger partial charge in [-0.15, -0.1) is 11.3 Å². The van der Waals surface area contributed by atoms with Crippen LogP contribution in [0.15, 0.2) is 46.8 Å². The largest absolute Gasteiger partial charge is 0.296 e. The molecule has 1 N–H and O–H groups in total. The number of aromatic nitrogens is 3. The summed E-state index contributed by atoms with van der Waals surface area (Å²) >= 11 is 1.57. The summed E-state index contributed by atoms with van der Waals surface area (Å²) in [4.78, 5) is 22.9. The first-order valence-corrected chi connectivity index (χ1v) is 13.9. The predicted octanol–water partition coefficient (Wildman–Crippen LogP) is 3.67. The van der Waals surface area contributed by atoms with E-state index >= 15 is 0 Å². The molecule has 1 aromatic carbocycles. The summed E-state index contributed by atoms with van der Waals surface area (Å²) in [5, 5.41) is 2.63. The van der Waals surface area contributed by atoms with E-state index in [1.165, 1.54) is 0 Å². The van der Waals surface area contributed by atoms with Crippen molar-refractivity contribution in [3.63, 3.8) is 0 Å². The Balaban J connectivity index is 1.53. The molecular formula is C24H28N4O3S2. The molecule has 0 bridgehead atoms. The van der Waals surface area contributed by atoms with Crippen molar-refractivity contribution < 1.29 is 8.42 Å². The number of sulfonamides is 1. The number of rotatable bonds is 7. The lowest BCUT2D eigenvalue weighted by Gasteiger charge is -2.33. The van der Waals surface area contributed by atoms with E-state index in [0.29, 0.717) is 37.7 Å². The van der Waals surface area contributed by atoms with Gasteiger partial charge in [0, 0.05) is 34.5 Å². The molecule has 0 aliphatic heterocycles. The topological polar surface area (TPSA) is 93.9 Å². The fraction of sp³-hybridized carbons (Fsp3) is 0.458. The molecule has 2 aliphatic carbocycles. The van der Waals surface area contributed by atoms with E-state index in [1.54, 1.807) is 22.2 Å². The maximum Gasteiger partial charge on any atom is 0.257 e. The summed E-state index contributed by atoms with van der Waals surface area (Å²) in [5.74, 6) is -0.306. The average molecular weight is 485 g/mol. The highest BCUT2D eigenvalue weighted by atomic mass is 32.2. The quantitative estimate of drug-likeness (QED) is 0.552. The second-order valence-electron chi connectivity index (χ2n) is 9.24. The Morgan fingerprint density at radius 3 is 2.64 bits per heavy atom. The lowest BCUT2D eigenvalue weighted by atomic mass is 9.80. The Bertz CT molecular complexity index is 1310. The van der Waals surface area contributed by atoms with Crippen LogP contribution in [0.5, 0.6) is 0 Å². The van der Waals surface area contributed by atoms with Crippen molar-refractivity contribution in [1.82, 2.24) is 19.3 Å². The molecule has 0 amide bonds. The molecule has 1 saturated carbocycles. The van der Waals surface area contributed by atoms with Gasteiger partial charge in [-0.1, -0.05) is 30.3 Å². The van der Waals surface area contributed by atoms with Crippen molar-refractivity contribution in [2.75, 3.05) is 0 Å². The molecule has 7 nitrogen and oxygen atoms in total. The van der Waals surface area contributed by atoms with Crippen LogP contribution in [0.2, 0.25) is 0 Å². The Labute approximate surface area is 198 Å². The monoisotopic (exact) mass is 484 g/mol. The number of nitrogens with zero attached hydrogens (tertiary/aromatic N) is 3. The first-order chi connectivity index (χ1) is 15.8. The van der Waals surface area contributed by atoms with E-state index in [1.807, 2.05) is 49.6 Å². The van der Waals surface area contributed by atoms with Gasteiger partial charge in [0.15, 0.2) is 0 Å². The summed E-state index contributed by atoms with van der Waals surface area (Å²) in [6.45, 7) is 3.90. The van der Waals surface area contributed by atoms with Crippen LogP contribution in [0.3, 0.4) is 0 Å². The van der Waals surface area contributed by atoms with E-state index in [4.69, 9.17) is 4.98 Å². The maximum absolute atomic E-state index is 13.5. The molecule has 3 aromatic rings. The number of fused-ring (bicyclic) bond motifs is 1. The van der Waals surface area contributed by atoms with E-state index in [0.717, 1.165) is 22.0 Å². The zero-order valence-corrected chi connectivity index (χ0v) is 20.4. The summed E-state index contributed by atoms with van der Waals surface area (Å²) in [7, 11) is -3.39. The molecule has 33 heavy (non-hydrogen) atoms. The Morgan fingerprint density at radius 2 is 1.94 bits per heavy atom. The minimum Gasteiger partial charge on any atom is -0.296 e. The van der Waals surface area contributed by atoms with Crippen molar-refractivity contribution in [3.8, 4) is 10.6 Å². The highest BCUT2D eigenvalue weighted by Gasteiger charge is 2.41. The van der Waals surface area contributed by atoms with Gasteiger partial charge in [0.1, 0.15) is 5.01 Å². The van der Waals surface area contributed by atoms with Crippen molar-refractivity contribution in [3.05, 3.63) is 69.3 Å². The Hall–Kier alpha value is -2.36. The molecule has 0 saturated heterocycles. The highest BCUT2D eigenvalue weighted by molar-refractivity contribution is 7.90. The fourth-order valence-electron chi connectivity index (χ4n) is 4.56. The summed E-state index contributed by atoms with van der Waals surface area (Å²) in [6, 6.07) is 9.62. The molecule has 2 aliphatic rings. The maximum atomic E-state index is 13.5. The normalized spacial score (nSPS) is 20.7. The second kappa shape index (κ2) is 8.77. The SMILES string of the molecule is CC(C)n1cnc2c(c1=O)[C@@H](Cc1csc(-c3ccccc3)n1)[C@@H](NS(=O)(=O)C1CC1)CC2. The van der Waals surface area contributed by atoms with Gasteiger partial charge in [-0.25, -0.2) is 23.1 Å². The summed E-state index contributed by atoms with van der Waals surface area (Å²) < 4.78 is 30.2. The lowest BCUT2D eigenvalue weighted by molar-refractivity contribution is 0.410. The minimum absolute atomic E-state index is 0.0246. The van der Waals surface area contributed by atoms with Crippen LogP contribution in [-0.2, 0) is 22.9 Å². The summed E-state index contributed by atoms with van der Waals surface area (Å²) in [6.07, 6.45) is 4.73. The second-order valence-corrected chi connectivity index (χ2v) is 12.1. The average Bonchev–Trinajstić information content (AvgIpc) is 3.56. The smallest absolute Gasteiger partial charge is 0.257 e. The van der Waals surface area contributed by atoms with E-state index in [-0.39, 0.29) is 28.8 Å². The summed E-state index contributed by atoms with van der Waals surface area (Å²) in [5.41, 5.74) is 3.26. The van der Waals surface area contributed by atoms with E-state index in [9.17, 15) is 13.2 Å². The van der Waals surface area contributed by atoms with Crippen molar-refractivity contribution in [2.24, 2.45) is 0 Å². The van der Waals surface area contributed by atoms with Crippen LogP contribution in [0.1, 0.15) is 62.0 Å². The van der Waals surface area contributed by atoms with Crippen LogP contribution in [-0.4, -0.2) is 34.2 Å². The zero-order chi connectivity index (χ0) is 23.2.